The van der Waals surface area contributed by atoms with Crippen LogP contribution in [0.4, 0.5) is 5.69 Å². The third kappa shape index (κ3) is 3.21. The lowest BCUT2D eigenvalue weighted by atomic mass is 9.88. The molecule has 0 radical (unpaired) electrons. The average Bonchev–Trinajstić information content (AvgIpc) is 3.04. The highest BCUT2D eigenvalue weighted by atomic mass is 16.5. The molecule has 154 valence electrons. The summed E-state index contributed by atoms with van der Waals surface area (Å²) in [6, 6.07) is 10.0. The van der Waals surface area contributed by atoms with Crippen LogP contribution in [-0.4, -0.2) is 58.3 Å². The van der Waals surface area contributed by atoms with Crippen molar-refractivity contribution in [1.29, 1.82) is 0 Å². The Morgan fingerprint density at radius 1 is 1.03 bits per heavy atom. The monoisotopic (exact) mass is 396 g/mol. The first-order valence-corrected chi connectivity index (χ1v) is 9.91. The van der Waals surface area contributed by atoms with Crippen molar-refractivity contribution in [2.24, 2.45) is 0 Å². The lowest BCUT2D eigenvalue weighted by Gasteiger charge is -2.36. The van der Waals surface area contributed by atoms with Crippen LogP contribution in [0.2, 0.25) is 0 Å². The van der Waals surface area contributed by atoms with Crippen LogP contribution in [0.5, 0.6) is 17.2 Å². The Morgan fingerprint density at radius 2 is 1.72 bits per heavy atom. The van der Waals surface area contributed by atoms with Crippen LogP contribution in [0.1, 0.15) is 33.8 Å². The predicted molar refractivity (Wildman–Crippen MR) is 113 cm³/mol. The second-order valence-corrected chi connectivity index (χ2v) is 7.88. The molecule has 0 unspecified atom stereocenters. The molecule has 0 N–H and O–H groups in total. The van der Waals surface area contributed by atoms with Crippen LogP contribution in [0, 0.1) is 6.92 Å². The molecule has 6 nitrogen and oxygen atoms in total. The zero-order valence-corrected chi connectivity index (χ0v) is 17.7. The molecule has 4 rings (SSSR count). The van der Waals surface area contributed by atoms with E-state index in [2.05, 4.69) is 37.1 Å². The summed E-state index contributed by atoms with van der Waals surface area (Å²) < 4.78 is 16.3. The molecule has 2 aromatic carbocycles. The number of ether oxygens (including phenoxy) is 3. The first-order valence-electron chi connectivity index (χ1n) is 9.91. The number of methoxy groups -OCH3 is 3. The van der Waals surface area contributed by atoms with Gasteiger partial charge < -0.3 is 24.0 Å². The molecule has 2 aromatic rings. The molecule has 6 heteroatoms. The van der Waals surface area contributed by atoms with Gasteiger partial charge in [0.1, 0.15) is 0 Å². The zero-order valence-electron chi connectivity index (χ0n) is 17.7. The minimum atomic E-state index is -0.0357. The molecule has 0 aliphatic carbocycles. The Balaban J connectivity index is 1.79. The summed E-state index contributed by atoms with van der Waals surface area (Å²) in [6.45, 7) is 4.04. The number of carbonyl (C=O) groups excluding carboxylic acids is 1. The number of fused-ring (bicyclic) bond motifs is 3. The number of amides is 1. The highest BCUT2D eigenvalue weighted by Gasteiger charge is 2.44. The van der Waals surface area contributed by atoms with E-state index in [-0.39, 0.29) is 11.9 Å². The minimum absolute atomic E-state index is 0.0357. The quantitative estimate of drug-likeness (QED) is 0.792. The zero-order chi connectivity index (χ0) is 20.7. The van der Waals surface area contributed by atoms with Gasteiger partial charge in [-0.25, -0.2) is 0 Å². The van der Waals surface area contributed by atoms with Crippen molar-refractivity contribution in [2.45, 2.75) is 25.3 Å². The van der Waals surface area contributed by atoms with Gasteiger partial charge in [0.15, 0.2) is 11.5 Å². The average molecular weight is 396 g/mol. The largest absolute Gasteiger partial charge is 0.493 e. The van der Waals surface area contributed by atoms with Crippen LogP contribution in [0.15, 0.2) is 30.3 Å². The van der Waals surface area contributed by atoms with E-state index in [0.717, 1.165) is 25.2 Å². The molecule has 0 aromatic heterocycles. The number of piperidine rings is 1. The topological polar surface area (TPSA) is 51.2 Å². The maximum Gasteiger partial charge on any atom is 0.258 e. The van der Waals surface area contributed by atoms with Crippen molar-refractivity contribution in [2.75, 3.05) is 46.4 Å². The van der Waals surface area contributed by atoms with Gasteiger partial charge in [0.2, 0.25) is 5.75 Å². The van der Waals surface area contributed by atoms with Gasteiger partial charge in [-0.3, -0.25) is 4.79 Å². The maximum absolute atomic E-state index is 13.7. The molecule has 2 aliphatic heterocycles. The summed E-state index contributed by atoms with van der Waals surface area (Å²) in [5.41, 5.74) is 4.03. The van der Waals surface area contributed by atoms with E-state index in [1.54, 1.807) is 33.5 Å². The third-order valence-corrected chi connectivity index (χ3v) is 6.08. The summed E-state index contributed by atoms with van der Waals surface area (Å²) in [6.07, 6.45) is 0.949. The predicted octanol–water partition coefficient (Wildman–Crippen LogP) is 3.47. The minimum Gasteiger partial charge on any atom is -0.493 e. The lowest BCUT2D eigenvalue weighted by molar-refractivity contribution is 0.0964. The van der Waals surface area contributed by atoms with Crippen molar-refractivity contribution in [1.82, 2.24) is 4.90 Å². The van der Waals surface area contributed by atoms with Gasteiger partial charge in [0.05, 0.1) is 21.3 Å². The highest BCUT2D eigenvalue weighted by molar-refractivity contribution is 6.08. The van der Waals surface area contributed by atoms with Crippen LogP contribution in [0.25, 0.3) is 0 Å². The number of likely N-dealkylation sites (tertiary alicyclic amines) is 1. The molecule has 2 atom stereocenters. The summed E-state index contributed by atoms with van der Waals surface area (Å²) in [7, 11) is 6.83. The van der Waals surface area contributed by atoms with Gasteiger partial charge >= 0.3 is 0 Å². The maximum atomic E-state index is 13.7. The van der Waals surface area contributed by atoms with Crippen molar-refractivity contribution >= 4 is 11.6 Å². The van der Waals surface area contributed by atoms with Gasteiger partial charge in [0, 0.05) is 29.8 Å². The van der Waals surface area contributed by atoms with E-state index in [1.807, 2.05) is 4.90 Å². The van der Waals surface area contributed by atoms with Crippen LogP contribution >= 0.6 is 0 Å². The highest BCUT2D eigenvalue weighted by Crippen LogP contribution is 2.46. The number of carbonyl (C=O) groups is 1. The van der Waals surface area contributed by atoms with E-state index in [0.29, 0.717) is 28.7 Å². The number of aryl methyl sites for hydroxylation is 1. The van der Waals surface area contributed by atoms with E-state index < -0.39 is 0 Å². The van der Waals surface area contributed by atoms with Gasteiger partial charge in [-0.1, -0.05) is 17.7 Å². The molecule has 2 aliphatic rings. The Morgan fingerprint density at radius 3 is 2.34 bits per heavy atom. The molecule has 1 amide bonds. The number of hydrogen-bond acceptors (Lipinski definition) is 5. The second-order valence-electron chi connectivity index (χ2n) is 7.88. The Kier molecular flexibility index (Phi) is 5.13. The van der Waals surface area contributed by atoms with Gasteiger partial charge in [-0.2, -0.15) is 0 Å². The summed E-state index contributed by atoms with van der Waals surface area (Å²) in [5.74, 6) is 1.75. The smallest absolute Gasteiger partial charge is 0.258 e. The van der Waals surface area contributed by atoms with Crippen LogP contribution in [0.3, 0.4) is 0 Å². The summed E-state index contributed by atoms with van der Waals surface area (Å²) in [5, 5.41) is 0. The first kappa shape index (κ1) is 19.6. The van der Waals surface area contributed by atoms with Crippen molar-refractivity contribution < 1.29 is 19.0 Å². The fourth-order valence-corrected chi connectivity index (χ4v) is 4.69. The first-order chi connectivity index (χ1) is 14.0. The molecular weight excluding hydrogens is 368 g/mol. The number of rotatable bonds is 4. The number of hydrogen-bond donors (Lipinski definition) is 0. The molecule has 1 saturated heterocycles. The molecule has 0 saturated carbocycles. The van der Waals surface area contributed by atoms with E-state index in [1.165, 1.54) is 11.1 Å². The normalized spacial score (nSPS) is 20.8. The van der Waals surface area contributed by atoms with E-state index in [9.17, 15) is 4.79 Å². The molecule has 29 heavy (non-hydrogen) atoms. The van der Waals surface area contributed by atoms with Crippen LogP contribution < -0.4 is 19.1 Å². The fraction of sp³-hybridized carbons (Fsp3) is 0.435. The Bertz CT molecular complexity index is 917. The van der Waals surface area contributed by atoms with Crippen LogP contribution in [-0.2, 0) is 0 Å². The van der Waals surface area contributed by atoms with E-state index in [4.69, 9.17) is 14.2 Å². The molecule has 0 bridgehead atoms. The van der Waals surface area contributed by atoms with Gasteiger partial charge in [0.25, 0.3) is 5.91 Å². The number of nitrogens with zero attached hydrogens (tertiary/aromatic N) is 2. The number of anilines is 1. The van der Waals surface area contributed by atoms with Crippen molar-refractivity contribution in [3.8, 4) is 17.2 Å². The lowest BCUT2D eigenvalue weighted by Crippen LogP contribution is -2.47. The molecule has 0 spiro atoms. The third-order valence-electron chi connectivity index (χ3n) is 6.08. The van der Waals surface area contributed by atoms with Crippen molar-refractivity contribution in [3.63, 3.8) is 0 Å². The Labute approximate surface area is 172 Å². The van der Waals surface area contributed by atoms with Gasteiger partial charge in [-0.15, -0.1) is 0 Å². The second kappa shape index (κ2) is 7.59. The SMILES string of the molecule is COc1cc(C(=O)N2c3ccc(C)cc3[C@@H]3CN(C)CC[C@@H]32)cc(OC)c1OC. The standard InChI is InChI=1S/C23H28N2O4/c1-14-6-7-18-16(10-14)17-13-24(2)9-8-19(17)25(18)23(26)15-11-20(27-3)22(29-5)21(12-15)28-4/h6-7,10-12,17,19H,8-9,13H2,1-5H3/t17-,19-/m0/s1. The fourth-order valence-electron chi connectivity index (χ4n) is 4.69. The Hall–Kier alpha value is -2.73. The van der Waals surface area contributed by atoms with Crippen molar-refractivity contribution in [3.05, 3.63) is 47.0 Å². The molecular formula is C23H28N2O4. The summed E-state index contributed by atoms with van der Waals surface area (Å²) >= 11 is 0. The number of benzene rings is 2. The summed E-state index contributed by atoms with van der Waals surface area (Å²) in [4.78, 5) is 18.1. The number of likely N-dealkylation sites (N-methyl/N-ethyl adjacent to an activating group) is 1. The van der Waals surface area contributed by atoms with Gasteiger partial charge in [-0.05, 0) is 50.7 Å². The molecule has 1 fully saturated rings. The van der Waals surface area contributed by atoms with E-state index >= 15 is 0 Å². The molecule has 2 heterocycles.